The number of nitrogens with zero attached hydrogens (tertiary/aromatic N) is 6. The third-order valence-electron chi connectivity index (χ3n) is 9.72. The van der Waals surface area contributed by atoms with E-state index in [1.807, 2.05) is 0 Å². The fraction of sp³-hybridized carbons (Fsp3) is 0.432. The molecule has 7 rings (SSSR count). The number of hydrogen-bond donors (Lipinski definition) is 2. The van der Waals surface area contributed by atoms with Crippen LogP contribution in [0, 0.1) is 0 Å². The molecule has 290 valence electrons. The third-order valence-corrected chi connectivity index (χ3v) is 10.0. The van der Waals surface area contributed by atoms with Gasteiger partial charge in [-0.2, -0.15) is 22.7 Å². The normalized spacial score (nSPS) is 19.0. The van der Waals surface area contributed by atoms with Gasteiger partial charge in [-0.1, -0.05) is 35.9 Å². The van der Waals surface area contributed by atoms with Gasteiger partial charge in [-0.15, -0.1) is 5.10 Å². The van der Waals surface area contributed by atoms with Crippen LogP contribution in [0.25, 0.3) is 17.2 Å². The van der Waals surface area contributed by atoms with Gasteiger partial charge >= 0.3 is 12.3 Å². The highest BCUT2D eigenvalue weighted by molar-refractivity contribution is 6.33. The fourth-order valence-electron chi connectivity index (χ4n) is 7.06. The Hall–Kier alpha value is -5.29. The number of fused-ring (bicyclic) bond motifs is 3. The lowest BCUT2D eigenvalue weighted by molar-refractivity contribution is -0.137. The summed E-state index contributed by atoms with van der Waals surface area (Å²) in [5.41, 5.74) is -2.47. The van der Waals surface area contributed by atoms with Crippen LogP contribution < -0.4 is 16.2 Å². The number of amidine groups is 1. The molecule has 5 heterocycles. The summed E-state index contributed by atoms with van der Waals surface area (Å²) in [5.74, 6) is -0.308. The van der Waals surface area contributed by atoms with Crippen molar-refractivity contribution in [3.63, 3.8) is 0 Å². The Kier molecular flexibility index (Phi) is 9.11. The molecule has 3 aliphatic heterocycles. The molecule has 1 fully saturated rings. The molecule has 1 atom stereocenters. The molecule has 3 aliphatic rings. The molecule has 4 aromatic rings. The molecule has 3 amide bonds. The number of ether oxygens (including phenoxy) is 2. The smallest absolute Gasteiger partial charge is 0.416 e. The topological polar surface area (TPSA) is 162 Å². The standard InChI is InChI=1S/C37H38ClF3N8O6/c1-19-27-26(36(54-19)13-15-47(16-14-36)33(53)55-34(2,3)4)30(51)49-32(48(27)18-25(50)42-24-12-11-22(17-23(24)38)37(39,40)41)44-29(46-49)21-9-7-20(8-10-21)28-43-31(52)35(5,6)45-28/h7-12,17,19H,13-16,18H2,1-6H3,(H,42,50)(H,43,45,52)/t19-/m1/s1. The van der Waals surface area contributed by atoms with Gasteiger partial charge in [0, 0.05) is 24.2 Å². The second kappa shape index (κ2) is 13.2. The summed E-state index contributed by atoms with van der Waals surface area (Å²) in [6.45, 7) is 10.5. The quantitative estimate of drug-likeness (QED) is 0.255. The van der Waals surface area contributed by atoms with Gasteiger partial charge < -0.3 is 29.6 Å². The molecule has 0 saturated carbocycles. The number of carbonyl (C=O) groups is 3. The first-order valence-electron chi connectivity index (χ1n) is 17.5. The van der Waals surface area contributed by atoms with Gasteiger partial charge in [-0.25, -0.2) is 4.79 Å². The van der Waals surface area contributed by atoms with Crippen LogP contribution in [-0.4, -0.2) is 72.0 Å². The third kappa shape index (κ3) is 7.06. The van der Waals surface area contributed by atoms with Crippen molar-refractivity contribution in [1.82, 2.24) is 29.4 Å². The van der Waals surface area contributed by atoms with Crippen LogP contribution in [0.3, 0.4) is 0 Å². The molecule has 0 aliphatic carbocycles. The molecule has 0 unspecified atom stereocenters. The molecule has 14 nitrogen and oxygen atoms in total. The van der Waals surface area contributed by atoms with E-state index in [4.69, 9.17) is 26.1 Å². The number of aliphatic imine (C=N–C) groups is 1. The van der Waals surface area contributed by atoms with Gasteiger partial charge in [0.15, 0.2) is 5.82 Å². The van der Waals surface area contributed by atoms with Crippen LogP contribution in [-0.2, 0) is 37.4 Å². The van der Waals surface area contributed by atoms with Gasteiger partial charge in [0.1, 0.15) is 29.1 Å². The lowest BCUT2D eigenvalue weighted by atomic mass is 9.85. The van der Waals surface area contributed by atoms with E-state index < -0.39 is 58.7 Å². The number of halogens is 4. The highest BCUT2D eigenvalue weighted by Gasteiger charge is 2.51. The van der Waals surface area contributed by atoms with E-state index >= 15 is 0 Å². The lowest BCUT2D eigenvalue weighted by Crippen LogP contribution is -2.48. The number of nitrogens with one attached hydrogen (secondary N) is 2. The molecule has 2 N–H and O–H groups in total. The number of piperidine rings is 1. The molecule has 0 radical (unpaired) electrons. The molecular formula is C37H38ClF3N8O6. The van der Waals surface area contributed by atoms with E-state index in [2.05, 4.69) is 20.7 Å². The van der Waals surface area contributed by atoms with Crippen molar-refractivity contribution in [2.75, 3.05) is 18.4 Å². The maximum Gasteiger partial charge on any atom is 0.416 e. The van der Waals surface area contributed by atoms with Crippen molar-refractivity contribution >= 4 is 46.8 Å². The van der Waals surface area contributed by atoms with E-state index in [1.165, 1.54) is 4.57 Å². The van der Waals surface area contributed by atoms with Gasteiger partial charge in [0.2, 0.25) is 11.7 Å². The van der Waals surface area contributed by atoms with Crippen molar-refractivity contribution in [2.24, 2.45) is 4.99 Å². The Morgan fingerprint density at radius 3 is 2.29 bits per heavy atom. The van der Waals surface area contributed by atoms with Gasteiger partial charge in [-0.05, 0) is 72.6 Å². The second-order valence-corrected chi connectivity index (χ2v) is 15.7. The number of carbonyl (C=O) groups excluding carboxylic acids is 3. The first-order valence-corrected chi connectivity index (χ1v) is 17.9. The molecule has 18 heteroatoms. The van der Waals surface area contributed by atoms with E-state index in [-0.39, 0.29) is 59.7 Å². The highest BCUT2D eigenvalue weighted by Crippen LogP contribution is 2.48. The predicted octanol–water partition coefficient (Wildman–Crippen LogP) is 5.84. The van der Waals surface area contributed by atoms with Crippen LogP contribution >= 0.6 is 11.6 Å². The average molecular weight is 783 g/mol. The Morgan fingerprint density at radius 2 is 1.71 bits per heavy atom. The monoisotopic (exact) mass is 782 g/mol. The van der Waals surface area contributed by atoms with Crippen LogP contribution in [0.2, 0.25) is 5.02 Å². The van der Waals surface area contributed by atoms with Crippen LogP contribution in [0.1, 0.15) is 82.9 Å². The minimum absolute atomic E-state index is 0.0179. The van der Waals surface area contributed by atoms with Crippen LogP contribution in [0.4, 0.5) is 23.7 Å². The molecule has 0 bridgehead atoms. The maximum atomic E-state index is 14.5. The number of benzene rings is 2. The first-order chi connectivity index (χ1) is 25.7. The zero-order valence-corrected chi connectivity index (χ0v) is 31.6. The number of alkyl halides is 3. The SMILES string of the molecule is C[C@H]1OC2(CCN(C(=O)OC(C)(C)C)CC2)c2c1n(CC(=O)Nc1ccc(C(F)(F)F)cc1Cl)c1nc(-c3ccc(C4=NC(C)(C)C(=O)N4)cc3)nn1c2=O. The van der Waals surface area contributed by atoms with Crippen LogP contribution in [0.5, 0.6) is 0 Å². The van der Waals surface area contributed by atoms with E-state index in [9.17, 15) is 32.3 Å². The van der Waals surface area contributed by atoms with Crippen molar-refractivity contribution in [3.8, 4) is 11.4 Å². The maximum absolute atomic E-state index is 14.5. The van der Waals surface area contributed by atoms with Crippen molar-refractivity contribution in [1.29, 1.82) is 0 Å². The number of amides is 3. The molecule has 2 aromatic heterocycles. The van der Waals surface area contributed by atoms with Gasteiger partial charge in [0.05, 0.1) is 33.6 Å². The zero-order chi connectivity index (χ0) is 39.8. The molecule has 55 heavy (non-hydrogen) atoms. The number of rotatable bonds is 5. The van der Waals surface area contributed by atoms with Crippen LogP contribution in [0.15, 0.2) is 52.3 Å². The summed E-state index contributed by atoms with van der Waals surface area (Å²) in [7, 11) is 0. The minimum atomic E-state index is -4.63. The largest absolute Gasteiger partial charge is 0.444 e. The Labute approximate surface area is 317 Å². The summed E-state index contributed by atoms with van der Waals surface area (Å²) in [6, 6.07) is 9.49. The second-order valence-electron chi connectivity index (χ2n) is 15.3. The molecule has 1 spiro atoms. The summed E-state index contributed by atoms with van der Waals surface area (Å²) in [5, 5.41) is 9.62. The van der Waals surface area contributed by atoms with E-state index in [0.717, 1.165) is 22.7 Å². The van der Waals surface area contributed by atoms with Crippen molar-refractivity contribution < 1.29 is 37.0 Å². The van der Waals surface area contributed by atoms with E-state index in [0.29, 0.717) is 22.7 Å². The lowest BCUT2D eigenvalue weighted by Gasteiger charge is -2.39. The van der Waals surface area contributed by atoms with Gasteiger partial charge in [0.25, 0.3) is 11.5 Å². The molecule has 1 saturated heterocycles. The fourth-order valence-corrected chi connectivity index (χ4v) is 7.29. The summed E-state index contributed by atoms with van der Waals surface area (Å²) >= 11 is 6.15. The van der Waals surface area contributed by atoms with Crippen molar-refractivity contribution in [3.05, 3.63) is 80.2 Å². The summed E-state index contributed by atoms with van der Waals surface area (Å²) in [4.78, 5) is 64.1. The Morgan fingerprint density at radius 1 is 1.05 bits per heavy atom. The van der Waals surface area contributed by atoms with E-state index in [1.54, 1.807) is 70.7 Å². The molecule has 2 aromatic carbocycles. The number of anilines is 1. The number of aromatic nitrogens is 4. The number of likely N-dealkylation sites (tertiary alicyclic amines) is 1. The van der Waals surface area contributed by atoms with Gasteiger partial charge in [-0.3, -0.25) is 19.4 Å². The van der Waals surface area contributed by atoms with Crippen molar-refractivity contribution in [2.45, 2.75) is 90.0 Å². The Bertz CT molecular complexity index is 2340. The first kappa shape index (κ1) is 38.0. The molecular weight excluding hydrogens is 745 g/mol. The summed E-state index contributed by atoms with van der Waals surface area (Å²) in [6.07, 6.45) is -5.34. The summed E-state index contributed by atoms with van der Waals surface area (Å²) < 4.78 is 54.6. The number of hydrogen-bond acceptors (Lipinski definition) is 9. The zero-order valence-electron chi connectivity index (χ0n) is 30.8. The Balaban J connectivity index is 1.28. The predicted molar refractivity (Wildman–Crippen MR) is 195 cm³/mol. The average Bonchev–Trinajstić information content (AvgIpc) is 3.74. The highest BCUT2D eigenvalue weighted by atomic mass is 35.5. The minimum Gasteiger partial charge on any atom is -0.444 e.